The van der Waals surface area contributed by atoms with E-state index in [-0.39, 0.29) is 17.3 Å². The van der Waals surface area contributed by atoms with Crippen molar-refractivity contribution in [2.45, 2.75) is 31.1 Å². The molecule has 0 spiro atoms. The summed E-state index contributed by atoms with van der Waals surface area (Å²) >= 11 is 0. The summed E-state index contributed by atoms with van der Waals surface area (Å²) in [5.74, 6) is 0.671. The van der Waals surface area contributed by atoms with Crippen molar-refractivity contribution in [2.24, 2.45) is 0 Å². The average molecular weight is 403 g/mol. The number of sulfonamides is 1. The summed E-state index contributed by atoms with van der Waals surface area (Å²) in [7, 11) is -2.08. The van der Waals surface area contributed by atoms with Crippen LogP contribution in [0.25, 0.3) is 0 Å². The quantitative estimate of drug-likeness (QED) is 0.773. The molecule has 1 aliphatic heterocycles. The van der Waals surface area contributed by atoms with Crippen molar-refractivity contribution in [3.63, 3.8) is 0 Å². The van der Waals surface area contributed by atoms with Gasteiger partial charge in [-0.25, -0.2) is 13.1 Å². The molecule has 1 amide bonds. The highest BCUT2D eigenvalue weighted by molar-refractivity contribution is 7.89. The lowest BCUT2D eigenvalue weighted by molar-refractivity contribution is 0.0792. The highest BCUT2D eigenvalue weighted by Gasteiger charge is 2.23. The number of nitrogens with zero attached hydrogens (tertiary/aromatic N) is 1. The van der Waals surface area contributed by atoms with Crippen molar-refractivity contribution < 1.29 is 17.9 Å². The molecule has 0 saturated carbocycles. The number of nitrogens with one attached hydrogen (secondary N) is 1. The van der Waals surface area contributed by atoms with Crippen molar-refractivity contribution in [3.05, 3.63) is 59.2 Å². The first kappa shape index (κ1) is 20.4. The van der Waals surface area contributed by atoms with Gasteiger partial charge in [0.1, 0.15) is 5.75 Å². The molecular formula is C21H26N2O4S. The third-order valence-corrected chi connectivity index (χ3v) is 6.47. The average Bonchev–Trinajstić information content (AvgIpc) is 3.23. The lowest BCUT2D eigenvalue weighted by Gasteiger charge is -2.17. The lowest BCUT2D eigenvalue weighted by atomic mass is 10.1. The zero-order chi connectivity index (χ0) is 20.1. The first-order valence-corrected chi connectivity index (χ1v) is 10.9. The number of amides is 1. The molecule has 0 atom stereocenters. The Bertz CT molecular complexity index is 933. The molecule has 0 radical (unpaired) electrons. The highest BCUT2D eigenvalue weighted by Crippen LogP contribution is 2.20. The molecule has 28 heavy (non-hydrogen) atoms. The van der Waals surface area contributed by atoms with Crippen LogP contribution < -0.4 is 9.46 Å². The van der Waals surface area contributed by atoms with Gasteiger partial charge >= 0.3 is 0 Å². The molecule has 2 aromatic rings. The van der Waals surface area contributed by atoms with E-state index in [4.69, 9.17) is 4.74 Å². The molecule has 150 valence electrons. The Morgan fingerprint density at radius 2 is 1.79 bits per heavy atom. The van der Waals surface area contributed by atoms with E-state index in [0.717, 1.165) is 42.8 Å². The van der Waals surface area contributed by atoms with Gasteiger partial charge in [0.15, 0.2) is 0 Å². The number of ether oxygens (including phenoxy) is 1. The van der Waals surface area contributed by atoms with E-state index in [0.29, 0.717) is 12.0 Å². The number of rotatable bonds is 7. The van der Waals surface area contributed by atoms with E-state index in [2.05, 4.69) is 4.72 Å². The molecule has 1 N–H and O–H groups in total. The number of likely N-dealkylation sites (tertiary alicyclic amines) is 1. The zero-order valence-electron chi connectivity index (χ0n) is 16.3. The first-order valence-electron chi connectivity index (χ1n) is 9.43. The van der Waals surface area contributed by atoms with Crippen LogP contribution in [0.3, 0.4) is 0 Å². The molecule has 6 nitrogen and oxygen atoms in total. The molecule has 1 aliphatic rings. The highest BCUT2D eigenvalue weighted by atomic mass is 32.2. The van der Waals surface area contributed by atoms with Gasteiger partial charge in [-0.05, 0) is 61.6 Å². The molecule has 0 bridgehead atoms. The van der Waals surface area contributed by atoms with Crippen LogP contribution in [0.15, 0.2) is 47.4 Å². The van der Waals surface area contributed by atoms with E-state index in [1.165, 1.54) is 6.07 Å². The molecular weight excluding hydrogens is 376 g/mol. The zero-order valence-corrected chi connectivity index (χ0v) is 17.1. The largest absolute Gasteiger partial charge is 0.497 e. The maximum Gasteiger partial charge on any atom is 0.254 e. The molecule has 0 unspecified atom stereocenters. The molecule has 7 heteroatoms. The summed E-state index contributed by atoms with van der Waals surface area (Å²) in [5, 5.41) is 0. The van der Waals surface area contributed by atoms with E-state index in [1.54, 1.807) is 24.1 Å². The van der Waals surface area contributed by atoms with Gasteiger partial charge in [0.2, 0.25) is 10.0 Å². The van der Waals surface area contributed by atoms with Gasteiger partial charge in [-0.2, -0.15) is 0 Å². The summed E-state index contributed by atoms with van der Waals surface area (Å²) < 4.78 is 33.1. The second kappa shape index (κ2) is 8.75. The van der Waals surface area contributed by atoms with Gasteiger partial charge < -0.3 is 9.64 Å². The summed E-state index contributed by atoms with van der Waals surface area (Å²) in [6, 6.07) is 12.2. The predicted octanol–water partition coefficient (Wildman–Crippen LogP) is 2.76. The predicted molar refractivity (Wildman–Crippen MR) is 108 cm³/mol. The number of hydrogen-bond donors (Lipinski definition) is 1. The number of carbonyl (C=O) groups excluding carboxylic acids is 1. The van der Waals surface area contributed by atoms with Crippen LogP contribution in [-0.4, -0.2) is 46.0 Å². The van der Waals surface area contributed by atoms with Crippen LogP contribution >= 0.6 is 0 Å². The Hall–Kier alpha value is -2.38. The molecule has 1 heterocycles. The Morgan fingerprint density at radius 1 is 1.11 bits per heavy atom. The van der Waals surface area contributed by atoms with Crippen molar-refractivity contribution in [1.29, 1.82) is 0 Å². The number of carbonyl (C=O) groups is 1. The maximum atomic E-state index is 12.7. The van der Waals surface area contributed by atoms with E-state index < -0.39 is 10.0 Å². The minimum absolute atomic E-state index is 0.0923. The smallest absolute Gasteiger partial charge is 0.254 e. The summed E-state index contributed by atoms with van der Waals surface area (Å²) in [4.78, 5) is 14.6. The van der Waals surface area contributed by atoms with Crippen molar-refractivity contribution in [1.82, 2.24) is 9.62 Å². The van der Waals surface area contributed by atoms with Gasteiger partial charge in [0, 0.05) is 25.2 Å². The fourth-order valence-electron chi connectivity index (χ4n) is 3.29. The molecule has 1 fully saturated rings. The Kier molecular flexibility index (Phi) is 6.36. The topological polar surface area (TPSA) is 75.7 Å². The van der Waals surface area contributed by atoms with Gasteiger partial charge in [-0.15, -0.1) is 0 Å². The van der Waals surface area contributed by atoms with Gasteiger partial charge in [-0.3, -0.25) is 4.79 Å². The van der Waals surface area contributed by atoms with Gasteiger partial charge in [0.05, 0.1) is 12.0 Å². The van der Waals surface area contributed by atoms with Crippen LogP contribution in [-0.2, 0) is 16.4 Å². The van der Waals surface area contributed by atoms with E-state index in [9.17, 15) is 13.2 Å². The molecule has 0 aliphatic carbocycles. The fraction of sp³-hybridized carbons (Fsp3) is 0.381. The summed E-state index contributed by atoms with van der Waals surface area (Å²) in [6.45, 7) is 3.57. The van der Waals surface area contributed by atoms with Gasteiger partial charge in [-0.1, -0.05) is 18.2 Å². The minimum Gasteiger partial charge on any atom is -0.497 e. The van der Waals surface area contributed by atoms with Crippen LogP contribution in [0, 0.1) is 6.92 Å². The monoisotopic (exact) mass is 402 g/mol. The van der Waals surface area contributed by atoms with Gasteiger partial charge in [0.25, 0.3) is 5.91 Å². The molecule has 2 aromatic carbocycles. The maximum absolute atomic E-state index is 12.7. The molecule has 1 saturated heterocycles. The Balaban J connectivity index is 1.68. The fourth-order valence-corrected chi connectivity index (χ4v) is 4.35. The van der Waals surface area contributed by atoms with Crippen LogP contribution in [0.1, 0.15) is 34.3 Å². The lowest BCUT2D eigenvalue weighted by Crippen LogP contribution is -2.29. The van der Waals surface area contributed by atoms with Crippen LogP contribution in [0.5, 0.6) is 5.75 Å². The van der Waals surface area contributed by atoms with Crippen molar-refractivity contribution >= 4 is 15.9 Å². The number of hydrogen-bond acceptors (Lipinski definition) is 4. The second-order valence-electron chi connectivity index (χ2n) is 6.97. The second-order valence-corrected chi connectivity index (χ2v) is 8.74. The normalized spacial score (nSPS) is 14.3. The van der Waals surface area contributed by atoms with Crippen LogP contribution in [0.4, 0.5) is 0 Å². The van der Waals surface area contributed by atoms with Crippen LogP contribution in [0.2, 0.25) is 0 Å². The SMILES string of the molecule is COc1ccc(CCNS(=O)(=O)c2ccc(C)c(C(=O)N3CCCC3)c2)cc1. The van der Waals surface area contributed by atoms with E-state index >= 15 is 0 Å². The van der Waals surface area contributed by atoms with E-state index in [1.807, 2.05) is 31.2 Å². The third-order valence-electron chi connectivity index (χ3n) is 5.01. The number of methoxy groups -OCH3 is 1. The minimum atomic E-state index is -3.68. The van der Waals surface area contributed by atoms with Crippen molar-refractivity contribution in [2.75, 3.05) is 26.7 Å². The standard InChI is InChI=1S/C21H26N2O4S/c1-16-5-10-19(15-20(16)21(24)23-13-3-4-14-23)28(25,26)22-12-11-17-6-8-18(27-2)9-7-17/h5-10,15,22H,3-4,11-14H2,1-2H3. The number of aryl methyl sites for hydroxylation is 1. The molecule has 0 aromatic heterocycles. The third kappa shape index (κ3) is 4.72. The molecule has 3 rings (SSSR count). The number of benzene rings is 2. The summed E-state index contributed by atoms with van der Waals surface area (Å²) in [6.07, 6.45) is 2.56. The summed E-state index contributed by atoms with van der Waals surface area (Å²) in [5.41, 5.74) is 2.26. The Labute approximate surface area is 166 Å². The Morgan fingerprint density at radius 3 is 2.43 bits per heavy atom. The van der Waals surface area contributed by atoms with Crippen molar-refractivity contribution in [3.8, 4) is 5.75 Å². The first-order chi connectivity index (χ1) is 13.4.